The van der Waals surface area contributed by atoms with E-state index in [1.54, 1.807) is 48.5 Å². The molecule has 2 atom stereocenters. The first-order valence-corrected chi connectivity index (χ1v) is 11.8. The van der Waals surface area contributed by atoms with Gasteiger partial charge in [-0.25, -0.2) is 9.59 Å². The molecular formula is C28H24ClNO7. The molecule has 37 heavy (non-hydrogen) atoms. The quantitative estimate of drug-likeness (QED) is 0.298. The number of esters is 3. The summed E-state index contributed by atoms with van der Waals surface area (Å²) < 4.78 is 21.7. The topological polar surface area (TPSA) is 100 Å². The lowest BCUT2D eigenvalue weighted by molar-refractivity contribution is -0.161. The maximum Gasteiger partial charge on any atom is 0.340 e. The summed E-state index contributed by atoms with van der Waals surface area (Å²) in [5, 5.41) is 3.26. The Bertz CT molecular complexity index is 1310. The number of halogens is 1. The Labute approximate surface area is 218 Å². The van der Waals surface area contributed by atoms with E-state index in [0.717, 1.165) is 5.56 Å². The van der Waals surface area contributed by atoms with Gasteiger partial charge < -0.3 is 24.3 Å². The van der Waals surface area contributed by atoms with E-state index >= 15 is 0 Å². The molecule has 1 heterocycles. The van der Waals surface area contributed by atoms with Gasteiger partial charge in [0, 0.05) is 16.3 Å². The second kappa shape index (κ2) is 12.1. The molecule has 4 rings (SSSR count). The van der Waals surface area contributed by atoms with Crippen LogP contribution in [0.3, 0.4) is 0 Å². The van der Waals surface area contributed by atoms with Crippen LogP contribution in [0.2, 0.25) is 5.02 Å². The van der Waals surface area contributed by atoms with E-state index in [4.69, 9.17) is 30.5 Å². The van der Waals surface area contributed by atoms with Crippen LogP contribution in [-0.4, -0.2) is 37.7 Å². The van der Waals surface area contributed by atoms with Crippen molar-refractivity contribution in [3.05, 3.63) is 112 Å². The Hall–Kier alpha value is -4.30. The first kappa shape index (κ1) is 25.8. The van der Waals surface area contributed by atoms with E-state index < -0.39 is 30.1 Å². The number of rotatable bonds is 10. The minimum Gasteiger partial charge on any atom is -0.497 e. The van der Waals surface area contributed by atoms with Gasteiger partial charge in [0.15, 0.2) is 12.2 Å². The molecule has 0 radical (unpaired) electrons. The number of methoxy groups -OCH3 is 1. The highest BCUT2D eigenvalue weighted by Crippen LogP contribution is 2.35. The number of hydrogen-bond acceptors (Lipinski definition) is 8. The van der Waals surface area contributed by atoms with Gasteiger partial charge >= 0.3 is 17.9 Å². The van der Waals surface area contributed by atoms with Crippen LogP contribution >= 0.6 is 11.6 Å². The maximum absolute atomic E-state index is 12.9. The highest BCUT2D eigenvalue weighted by molar-refractivity contribution is 6.31. The number of cyclic esters (lactones) is 1. The number of hydrogen-bond donors (Lipinski definition) is 1. The van der Waals surface area contributed by atoms with E-state index in [0.29, 0.717) is 16.3 Å². The molecule has 1 N–H and O–H groups in total. The van der Waals surface area contributed by atoms with Gasteiger partial charge in [0.25, 0.3) is 0 Å². The minimum absolute atomic E-state index is 0.116. The molecule has 0 aromatic heterocycles. The first-order chi connectivity index (χ1) is 18.0. The summed E-state index contributed by atoms with van der Waals surface area (Å²) in [6.07, 6.45) is -0.855. The van der Waals surface area contributed by atoms with Crippen LogP contribution in [-0.2, 0) is 35.1 Å². The van der Waals surface area contributed by atoms with Gasteiger partial charge in [0.05, 0.1) is 18.7 Å². The molecule has 1 aliphatic rings. The van der Waals surface area contributed by atoms with Crippen molar-refractivity contribution < 1.29 is 33.3 Å². The molecule has 0 saturated carbocycles. The van der Waals surface area contributed by atoms with Crippen molar-refractivity contribution in [1.82, 2.24) is 0 Å². The normalized spacial score (nSPS) is 15.2. The predicted molar refractivity (Wildman–Crippen MR) is 136 cm³/mol. The van der Waals surface area contributed by atoms with Gasteiger partial charge in [-0.15, -0.1) is 0 Å². The molecule has 9 heteroatoms. The second-order valence-corrected chi connectivity index (χ2v) is 8.41. The molecule has 8 nitrogen and oxygen atoms in total. The zero-order chi connectivity index (χ0) is 26.2. The summed E-state index contributed by atoms with van der Waals surface area (Å²) in [5.41, 5.74) is 1.97. The van der Waals surface area contributed by atoms with E-state index in [-0.39, 0.29) is 24.5 Å². The fraction of sp³-hybridized carbons (Fsp3) is 0.179. The van der Waals surface area contributed by atoms with Crippen molar-refractivity contribution >= 4 is 35.2 Å². The Morgan fingerprint density at radius 3 is 2.46 bits per heavy atom. The molecule has 1 aliphatic heterocycles. The highest BCUT2D eigenvalue weighted by atomic mass is 35.5. The average molecular weight is 522 g/mol. The summed E-state index contributed by atoms with van der Waals surface area (Å²) in [6, 6.07) is 22.8. The number of ether oxygens (including phenoxy) is 4. The molecule has 0 bridgehead atoms. The van der Waals surface area contributed by atoms with Crippen LogP contribution in [0, 0.1) is 0 Å². The summed E-state index contributed by atoms with van der Waals surface area (Å²) in [7, 11) is 1.39. The van der Waals surface area contributed by atoms with Crippen LogP contribution in [0.4, 0.5) is 5.69 Å². The van der Waals surface area contributed by atoms with Crippen molar-refractivity contribution in [2.75, 3.05) is 19.0 Å². The zero-order valence-electron chi connectivity index (χ0n) is 19.9. The minimum atomic E-state index is -1.05. The van der Waals surface area contributed by atoms with E-state index in [2.05, 4.69) is 5.32 Å². The summed E-state index contributed by atoms with van der Waals surface area (Å²) in [6.45, 7) is -0.165. The molecule has 0 fully saturated rings. The van der Waals surface area contributed by atoms with Crippen LogP contribution in [0.15, 0.2) is 90.7 Å². The van der Waals surface area contributed by atoms with Gasteiger partial charge in [-0.3, -0.25) is 4.79 Å². The Morgan fingerprint density at radius 2 is 1.70 bits per heavy atom. The highest BCUT2D eigenvalue weighted by Gasteiger charge is 2.39. The predicted octanol–water partition coefficient (Wildman–Crippen LogP) is 4.85. The lowest BCUT2D eigenvalue weighted by Gasteiger charge is -2.25. The molecular weight excluding hydrogens is 498 g/mol. The number of para-hydroxylation sites is 1. The number of anilines is 1. The molecule has 0 saturated heterocycles. The SMILES string of the molecule is COC1=CC(=O)OC1C(OC(=O)CNc1ccccc1C(=O)OCc1ccccc1)c1ccccc1Cl. The van der Waals surface area contributed by atoms with Crippen molar-refractivity contribution in [3.8, 4) is 0 Å². The summed E-state index contributed by atoms with van der Waals surface area (Å²) >= 11 is 6.35. The average Bonchev–Trinajstić information content (AvgIpc) is 3.30. The Morgan fingerprint density at radius 1 is 1.00 bits per heavy atom. The number of nitrogens with one attached hydrogen (secondary N) is 1. The fourth-order valence-electron chi connectivity index (χ4n) is 3.76. The number of benzene rings is 3. The zero-order valence-corrected chi connectivity index (χ0v) is 20.6. The number of carbonyl (C=O) groups excluding carboxylic acids is 3. The lowest BCUT2D eigenvalue weighted by Crippen LogP contribution is -2.30. The largest absolute Gasteiger partial charge is 0.497 e. The van der Waals surface area contributed by atoms with Crippen LogP contribution in [0.1, 0.15) is 27.6 Å². The van der Waals surface area contributed by atoms with Gasteiger partial charge in [-0.1, -0.05) is 72.3 Å². The molecule has 3 aromatic carbocycles. The van der Waals surface area contributed by atoms with Crippen molar-refractivity contribution in [2.24, 2.45) is 0 Å². The van der Waals surface area contributed by atoms with Crippen molar-refractivity contribution in [2.45, 2.75) is 18.8 Å². The van der Waals surface area contributed by atoms with Gasteiger partial charge in [0.1, 0.15) is 18.9 Å². The third-order valence-electron chi connectivity index (χ3n) is 5.55. The van der Waals surface area contributed by atoms with E-state index in [1.165, 1.54) is 13.2 Å². The molecule has 190 valence electrons. The summed E-state index contributed by atoms with van der Waals surface area (Å²) in [5.74, 6) is -1.61. The van der Waals surface area contributed by atoms with E-state index in [1.807, 2.05) is 30.3 Å². The second-order valence-electron chi connectivity index (χ2n) is 8.00. The molecule has 0 amide bonds. The Balaban J connectivity index is 1.45. The molecule has 2 unspecified atom stereocenters. The molecule has 0 spiro atoms. The Kier molecular flexibility index (Phi) is 8.43. The first-order valence-electron chi connectivity index (χ1n) is 11.4. The van der Waals surface area contributed by atoms with Crippen molar-refractivity contribution in [3.63, 3.8) is 0 Å². The third kappa shape index (κ3) is 6.48. The standard InChI is InChI=1S/C28H24ClNO7/c1-34-23-15-24(31)36-27(23)26(19-11-5-7-13-21(19)29)37-25(32)16-30-22-14-8-6-12-20(22)28(33)35-17-18-9-3-2-4-10-18/h2-15,26-27,30H,16-17H2,1H3. The fourth-order valence-corrected chi connectivity index (χ4v) is 4.01. The van der Waals surface area contributed by atoms with Crippen LogP contribution in [0.25, 0.3) is 0 Å². The van der Waals surface area contributed by atoms with Crippen molar-refractivity contribution in [1.29, 1.82) is 0 Å². The molecule has 0 aliphatic carbocycles. The smallest absolute Gasteiger partial charge is 0.340 e. The van der Waals surface area contributed by atoms with E-state index in [9.17, 15) is 14.4 Å². The lowest BCUT2D eigenvalue weighted by atomic mass is 10.0. The maximum atomic E-state index is 12.9. The van der Waals surface area contributed by atoms with Gasteiger partial charge in [0.2, 0.25) is 0 Å². The van der Waals surface area contributed by atoms with Crippen LogP contribution in [0.5, 0.6) is 0 Å². The number of carbonyl (C=O) groups is 3. The van der Waals surface area contributed by atoms with Gasteiger partial charge in [-0.05, 0) is 23.8 Å². The molecule has 3 aromatic rings. The monoisotopic (exact) mass is 521 g/mol. The van der Waals surface area contributed by atoms with Crippen LogP contribution < -0.4 is 5.32 Å². The third-order valence-corrected chi connectivity index (χ3v) is 5.89. The van der Waals surface area contributed by atoms with Gasteiger partial charge in [-0.2, -0.15) is 0 Å². The summed E-state index contributed by atoms with van der Waals surface area (Å²) in [4.78, 5) is 37.5.